The van der Waals surface area contributed by atoms with E-state index in [1.807, 2.05) is 45.9 Å². The molecule has 0 amide bonds. The first-order chi connectivity index (χ1) is 17.3. The van der Waals surface area contributed by atoms with Crippen molar-refractivity contribution < 1.29 is 23.5 Å². The van der Waals surface area contributed by atoms with Crippen LogP contribution in [0.5, 0.6) is 0 Å². The fraction of sp³-hybridized carbons (Fsp3) is 0.562. The quantitative estimate of drug-likeness (QED) is 0.292. The minimum absolute atomic E-state index is 0.0676. The van der Waals surface area contributed by atoms with Gasteiger partial charge in [0.05, 0.1) is 19.7 Å². The standard InChI is InChI=1S/C32H46NO4/c1-22-14-19-28(23(2)26-12-10-9-11-13-26)29(20-22)36-30(34)24(3)33(7,8)21-25-15-17-27(18-16-25)31(35)37-32(4,5)6/h9-13,15-18,22-24,28-29H,14,19-21H2,1-8H3/q+1/t22-,23?,24-,28+,29-/m1/s1. The smallest absolute Gasteiger partial charge is 0.364 e. The zero-order chi connectivity index (χ0) is 27.4. The summed E-state index contributed by atoms with van der Waals surface area (Å²) in [7, 11) is 4.11. The summed E-state index contributed by atoms with van der Waals surface area (Å²) in [4.78, 5) is 25.8. The highest BCUT2D eigenvalue weighted by atomic mass is 16.6. The number of hydrogen-bond acceptors (Lipinski definition) is 4. The van der Waals surface area contributed by atoms with Crippen molar-refractivity contribution in [2.24, 2.45) is 11.8 Å². The number of hydrogen-bond donors (Lipinski definition) is 0. The summed E-state index contributed by atoms with van der Waals surface area (Å²) in [6.45, 7) is 12.7. The summed E-state index contributed by atoms with van der Waals surface area (Å²) in [6, 6.07) is 17.7. The van der Waals surface area contributed by atoms with Crippen LogP contribution in [-0.2, 0) is 20.8 Å². The maximum atomic E-state index is 13.4. The van der Waals surface area contributed by atoms with Gasteiger partial charge in [-0.05, 0) is 70.1 Å². The van der Waals surface area contributed by atoms with E-state index in [9.17, 15) is 9.59 Å². The minimum Gasteiger partial charge on any atom is -0.458 e. The molecule has 0 aliphatic heterocycles. The summed E-state index contributed by atoms with van der Waals surface area (Å²) in [5, 5.41) is 0. The van der Waals surface area contributed by atoms with E-state index < -0.39 is 5.60 Å². The third-order valence-corrected chi connectivity index (χ3v) is 7.91. The van der Waals surface area contributed by atoms with E-state index in [-0.39, 0.29) is 24.1 Å². The third kappa shape index (κ3) is 7.91. The van der Waals surface area contributed by atoms with Crippen LogP contribution in [0.2, 0.25) is 0 Å². The van der Waals surface area contributed by atoms with Crippen LogP contribution >= 0.6 is 0 Å². The second-order valence-electron chi connectivity index (χ2n) is 12.6. The van der Waals surface area contributed by atoms with Gasteiger partial charge in [0.25, 0.3) is 0 Å². The summed E-state index contributed by atoms with van der Waals surface area (Å²) < 4.78 is 12.2. The van der Waals surface area contributed by atoms with Crippen molar-refractivity contribution in [3.05, 3.63) is 71.3 Å². The van der Waals surface area contributed by atoms with Crippen LogP contribution in [0.15, 0.2) is 54.6 Å². The zero-order valence-corrected chi connectivity index (χ0v) is 24.0. The molecular weight excluding hydrogens is 462 g/mol. The molecule has 0 bridgehead atoms. The van der Waals surface area contributed by atoms with Gasteiger partial charge in [0.2, 0.25) is 0 Å². The molecule has 0 saturated heterocycles. The normalized spacial score (nSPS) is 22.1. The number of rotatable bonds is 8. The summed E-state index contributed by atoms with van der Waals surface area (Å²) in [5.74, 6) is 0.752. The molecule has 2 aromatic carbocycles. The van der Waals surface area contributed by atoms with E-state index in [1.54, 1.807) is 12.1 Å². The number of carbonyl (C=O) groups is 2. The summed E-state index contributed by atoms with van der Waals surface area (Å²) >= 11 is 0. The highest BCUT2D eigenvalue weighted by Crippen LogP contribution is 2.40. The zero-order valence-electron chi connectivity index (χ0n) is 24.0. The fourth-order valence-electron chi connectivity index (χ4n) is 5.29. The number of carbonyl (C=O) groups excluding carboxylic acids is 2. The lowest BCUT2D eigenvalue weighted by Gasteiger charge is -2.40. The van der Waals surface area contributed by atoms with E-state index in [2.05, 4.69) is 52.2 Å². The number of benzene rings is 2. The van der Waals surface area contributed by atoms with E-state index in [1.165, 1.54) is 12.0 Å². The Morgan fingerprint density at radius 3 is 2.19 bits per heavy atom. The van der Waals surface area contributed by atoms with E-state index in [0.717, 1.165) is 18.4 Å². The van der Waals surface area contributed by atoms with Gasteiger partial charge < -0.3 is 14.0 Å². The van der Waals surface area contributed by atoms with Crippen LogP contribution in [0.4, 0.5) is 0 Å². The minimum atomic E-state index is -0.529. The lowest BCUT2D eigenvalue weighted by atomic mass is 9.73. The van der Waals surface area contributed by atoms with Gasteiger partial charge in [-0.15, -0.1) is 0 Å². The van der Waals surface area contributed by atoms with Crippen LogP contribution in [0.25, 0.3) is 0 Å². The molecule has 202 valence electrons. The van der Waals surface area contributed by atoms with Crippen molar-refractivity contribution in [1.82, 2.24) is 0 Å². The Morgan fingerprint density at radius 1 is 0.973 bits per heavy atom. The van der Waals surface area contributed by atoms with Crippen LogP contribution in [0.3, 0.4) is 0 Å². The highest BCUT2D eigenvalue weighted by Gasteiger charge is 2.39. The predicted octanol–water partition coefficient (Wildman–Crippen LogP) is 6.76. The Balaban J connectivity index is 1.66. The Bertz CT molecular complexity index is 1040. The van der Waals surface area contributed by atoms with Gasteiger partial charge in [-0.1, -0.05) is 62.7 Å². The van der Waals surface area contributed by atoms with E-state index >= 15 is 0 Å². The maximum Gasteiger partial charge on any atom is 0.364 e. The van der Waals surface area contributed by atoms with E-state index in [4.69, 9.17) is 9.47 Å². The Morgan fingerprint density at radius 2 is 1.59 bits per heavy atom. The topological polar surface area (TPSA) is 52.6 Å². The Kier molecular flexibility index (Phi) is 9.22. The largest absolute Gasteiger partial charge is 0.458 e. The monoisotopic (exact) mass is 508 g/mol. The maximum absolute atomic E-state index is 13.4. The molecule has 0 radical (unpaired) electrons. The molecule has 5 nitrogen and oxygen atoms in total. The lowest BCUT2D eigenvalue weighted by Crippen LogP contribution is -2.52. The van der Waals surface area contributed by atoms with Gasteiger partial charge in [0.1, 0.15) is 18.2 Å². The molecule has 3 rings (SSSR count). The Labute approximate surface area is 223 Å². The molecule has 1 aliphatic carbocycles. The first-order valence-corrected chi connectivity index (χ1v) is 13.7. The molecule has 1 saturated carbocycles. The number of likely N-dealkylation sites (N-methyl/N-ethyl adjacent to an activating group) is 1. The molecule has 0 heterocycles. The third-order valence-electron chi connectivity index (χ3n) is 7.91. The van der Waals surface area contributed by atoms with Crippen molar-refractivity contribution >= 4 is 11.9 Å². The number of ether oxygens (including phenoxy) is 2. The van der Waals surface area contributed by atoms with Crippen molar-refractivity contribution in [2.75, 3.05) is 14.1 Å². The van der Waals surface area contributed by atoms with Crippen molar-refractivity contribution in [3.8, 4) is 0 Å². The molecule has 1 aliphatic rings. The van der Waals surface area contributed by atoms with Crippen molar-refractivity contribution in [3.63, 3.8) is 0 Å². The first kappa shape index (κ1) is 28.9. The van der Waals surface area contributed by atoms with Gasteiger partial charge >= 0.3 is 11.9 Å². The molecule has 0 aromatic heterocycles. The van der Waals surface area contributed by atoms with Crippen LogP contribution < -0.4 is 0 Å². The fourth-order valence-corrected chi connectivity index (χ4v) is 5.29. The molecular formula is C32H46NO4+. The average molecular weight is 509 g/mol. The number of quaternary nitrogens is 1. The second-order valence-corrected chi connectivity index (χ2v) is 12.6. The number of nitrogens with zero attached hydrogens (tertiary/aromatic N) is 1. The first-order valence-electron chi connectivity index (χ1n) is 13.7. The molecule has 0 spiro atoms. The van der Waals surface area contributed by atoms with E-state index in [0.29, 0.717) is 34.3 Å². The number of esters is 2. The molecule has 37 heavy (non-hydrogen) atoms. The van der Waals surface area contributed by atoms with Gasteiger partial charge in [-0.2, -0.15) is 0 Å². The van der Waals surface area contributed by atoms with Crippen LogP contribution in [0, 0.1) is 11.8 Å². The molecule has 0 N–H and O–H groups in total. The SMILES string of the molecule is CC(c1ccccc1)[C@@H]1CC[C@@H](C)C[C@H]1OC(=O)[C@@H](C)[N+](C)(C)Cc1ccc(C(=O)OC(C)(C)C)cc1. The van der Waals surface area contributed by atoms with Crippen molar-refractivity contribution in [1.29, 1.82) is 0 Å². The van der Waals surface area contributed by atoms with Gasteiger partial charge in [0, 0.05) is 11.5 Å². The molecule has 2 aromatic rings. The predicted molar refractivity (Wildman–Crippen MR) is 148 cm³/mol. The highest BCUT2D eigenvalue weighted by molar-refractivity contribution is 5.89. The molecule has 1 fully saturated rings. The Hall–Kier alpha value is -2.66. The average Bonchev–Trinajstić information content (AvgIpc) is 2.83. The van der Waals surface area contributed by atoms with Crippen LogP contribution in [-0.4, -0.2) is 48.3 Å². The summed E-state index contributed by atoms with van der Waals surface area (Å²) in [6.07, 6.45) is 3.10. The van der Waals surface area contributed by atoms with Gasteiger partial charge in [0.15, 0.2) is 6.04 Å². The van der Waals surface area contributed by atoms with Gasteiger partial charge in [-0.25, -0.2) is 9.59 Å². The van der Waals surface area contributed by atoms with Gasteiger partial charge in [-0.3, -0.25) is 0 Å². The molecule has 5 heteroatoms. The second kappa shape index (κ2) is 11.8. The summed E-state index contributed by atoms with van der Waals surface area (Å²) in [5.41, 5.74) is 2.36. The van der Waals surface area contributed by atoms with Crippen molar-refractivity contribution in [2.45, 2.75) is 91.0 Å². The molecule has 1 unspecified atom stereocenters. The molecule has 5 atom stereocenters. The van der Waals surface area contributed by atoms with Crippen LogP contribution in [0.1, 0.15) is 88.2 Å². The lowest BCUT2D eigenvalue weighted by molar-refractivity contribution is -0.917.